The summed E-state index contributed by atoms with van der Waals surface area (Å²) < 4.78 is 69.6. The second-order valence-electron chi connectivity index (χ2n) is 5.47. The third kappa shape index (κ3) is 7.51. The Hall–Kier alpha value is -1.32. The zero-order valence-electron chi connectivity index (χ0n) is 14.3. The fourth-order valence-electron chi connectivity index (χ4n) is 2.18. The lowest BCUT2D eigenvalue weighted by molar-refractivity contribution is -0.286. The van der Waals surface area contributed by atoms with Gasteiger partial charge in [-0.2, -0.15) is 16.8 Å². The Labute approximate surface area is 150 Å². The molecule has 0 unspecified atom stereocenters. The van der Waals surface area contributed by atoms with E-state index in [9.17, 15) is 31.5 Å². The van der Waals surface area contributed by atoms with Crippen LogP contribution in [-0.4, -0.2) is 83.7 Å². The molecular weight excluding hydrogens is 400 g/mol. The Morgan fingerprint density at radius 2 is 1.42 bits per heavy atom. The van der Waals surface area contributed by atoms with Crippen LogP contribution in [0.1, 0.15) is 13.8 Å². The maximum atomic E-state index is 11.5. The first-order valence-electron chi connectivity index (χ1n) is 7.10. The summed E-state index contributed by atoms with van der Waals surface area (Å²) in [6.45, 7) is 1.27. The van der Waals surface area contributed by atoms with E-state index < -0.39 is 69.5 Å². The van der Waals surface area contributed by atoms with Gasteiger partial charge in [0.25, 0.3) is 20.2 Å². The maximum absolute atomic E-state index is 11.5. The minimum Gasteiger partial charge on any atom is -0.457 e. The highest BCUT2D eigenvalue weighted by molar-refractivity contribution is 7.86. The summed E-state index contributed by atoms with van der Waals surface area (Å²) in [5.41, 5.74) is 0. The van der Waals surface area contributed by atoms with Crippen molar-refractivity contribution >= 4 is 32.2 Å². The van der Waals surface area contributed by atoms with Crippen molar-refractivity contribution in [3.8, 4) is 0 Å². The Balaban J connectivity index is 3.25. The molecule has 5 atom stereocenters. The van der Waals surface area contributed by atoms with E-state index in [0.717, 1.165) is 20.1 Å². The summed E-state index contributed by atoms with van der Waals surface area (Å²) in [5, 5.41) is 10.0. The predicted molar refractivity (Wildman–Crippen MR) is 82.5 cm³/mol. The average Bonchev–Trinajstić information content (AvgIpc) is 2.41. The van der Waals surface area contributed by atoms with Gasteiger partial charge in [-0.25, -0.2) is 0 Å². The molecule has 0 aromatic heterocycles. The molecule has 0 amide bonds. The van der Waals surface area contributed by atoms with Gasteiger partial charge in [0.05, 0.1) is 19.1 Å². The predicted octanol–water partition coefficient (Wildman–Crippen LogP) is -2.11. The molecule has 1 saturated heterocycles. The summed E-state index contributed by atoms with van der Waals surface area (Å²) >= 11 is 0. The number of aliphatic hydroxyl groups excluding tert-OH is 1. The van der Waals surface area contributed by atoms with Crippen LogP contribution >= 0.6 is 0 Å². The molecule has 0 spiro atoms. The molecule has 1 N–H and O–H groups in total. The zero-order valence-corrected chi connectivity index (χ0v) is 16.0. The van der Waals surface area contributed by atoms with E-state index in [0.29, 0.717) is 6.26 Å². The van der Waals surface area contributed by atoms with Gasteiger partial charge in [0, 0.05) is 13.8 Å². The van der Waals surface area contributed by atoms with Crippen LogP contribution in [0.25, 0.3) is 0 Å². The molecule has 0 aliphatic carbocycles. The van der Waals surface area contributed by atoms with Crippen LogP contribution in [0.4, 0.5) is 0 Å². The number of rotatable bonds is 7. The molecule has 0 radical (unpaired) electrons. The van der Waals surface area contributed by atoms with Crippen molar-refractivity contribution in [2.75, 3.05) is 19.1 Å². The van der Waals surface area contributed by atoms with Crippen LogP contribution in [0.2, 0.25) is 0 Å². The molecule has 26 heavy (non-hydrogen) atoms. The van der Waals surface area contributed by atoms with Crippen LogP contribution in [-0.2, 0) is 52.4 Å². The number of esters is 2. The Morgan fingerprint density at radius 3 is 1.85 bits per heavy atom. The number of carbonyl (C=O) groups is 2. The van der Waals surface area contributed by atoms with E-state index >= 15 is 0 Å². The van der Waals surface area contributed by atoms with Crippen LogP contribution in [0.5, 0.6) is 0 Å². The van der Waals surface area contributed by atoms with Crippen molar-refractivity contribution in [3.63, 3.8) is 0 Å². The summed E-state index contributed by atoms with van der Waals surface area (Å²) in [6.07, 6.45) is -6.81. The van der Waals surface area contributed by atoms with Gasteiger partial charge in [-0.1, -0.05) is 0 Å². The molecule has 1 fully saturated rings. The number of hydrogen-bond acceptors (Lipinski definition) is 12. The average molecular weight is 420 g/mol. The lowest BCUT2D eigenvalue weighted by atomic mass is 9.99. The molecule has 1 aliphatic rings. The Bertz CT molecular complexity index is 727. The highest BCUT2D eigenvalue weighted by Gasteiger charge is 2.51. The van der Waals surface area contributed by atoms with Gasteiger partial charge < -0.3 is 19.3 Å². The summed E-state index contributed by atoms with van der Waals surface area (Å²) in [7, 11) is -8.08. The van der Waals surface area contributed by atoms with Crippen molar-refractivity contribution in [3.05, 3.63) is 0 Å². The van der Waals surface area contributed by atoms with Gasteiger partial charge in [-0.05, 0) is 0 Å². The van der Waals surface area contributed by atoms with Crippen LogP contribution in [0.3, 0.4) is 0 Å². The monoisotopic (exact) mass is 420 g/mol. The highest BCUT2D eigenvalue weighted by atomic mass is 32.2. The normalized spacial score (nSPS) is 29.8. The fourth-order valence-corrected chi connectivity index (χ4v) is 3.19. The summed E-state index contributed by atoms with van der Waals surface area (Å²) in [4.78, 5) is 22.6. The van der Waals surface area contributed by atoms with Gasteiger partial charge in [0.1, 0.15) is 6.10 Å². The van der Waals surface area contributed by atoms with E-state index in [2.05, 4.69) is 4.18 Å². The van der Waals surface area contributed by atoms with Gasteiger partial charge in [-0.3, -0.25) is 18.0 Å². The molecule has 1 aliphatic heterocycles. The van der Waals surface area contributed by atoms with Gasteiger partial charge in [0.15, 0.2) is 24.6 Å². The van der Waals surface area contributed by atoms with Crippen molar-refractivity contribution in [1.82, 2.24) is 0 Å². The number of ether oxygens (including phenoxy) is 3. The molecule has 1 heterocycles. The van der Waals surface area contributed by atoms with E-state index in [1.54, 1.807) is 0 Å². The topological polar surface area (TPSA) is 169 Å². The number of carbonyl (C=O) groups excluding carboxylic acids is 2. The first-order valence-corrected chi connectivity index (χ1v) is 10.7. The molecule has 152 valence electrons. The minimum absolute atomic E-state index is 0.687. The summed E-state index contributed by atoms with van der Waals surface area (Å²) in [6, 6.07) is 0. The summed E-state index contributed by atoms with van der Waals surface area (Å²) in [5.74, 6) is -1.78. The molecule has 12 nitrogen and oxygen atoms in total. The maximum Gasteiger partial charge on any atom is 0.303 e. The smallest absolute Gasteiger partial charge is 0.303 e. The molecular formula is C12H20O12S2. The van der Waals surface area contributed by atoms with Gasteiger partial charge in [0.2, 0.25) is 0 Å². The third-order valence-electron chi connectivity index (χ3n) is 2.95. The lowest BCUT2D eigenvalue weighted by Crippen LogP contribution is -2.62. The lowest BCUT2D eigenvalue weighted by Gasteiger charge is -2.42. The van der Waals surface area contributed by atoms with Gasteiger partial charge in [-0.15, -0.1) is 0 Å². The molecule has 0 saturated carbocycles. The SMILES string of the molecule is CC(=O)O[C@@H]1[C@@H](OS(C)(=O)=O)[C@@H](OC(C)=O)[C@@H](O)O[C@H]1COS(C)(=O)=O. The molecule has 0 aromatic carbocycles. The number of aliphatic hydroxyl groups is 1. The van der Waals surface area contributed by atoms with Crippen LogP contribution in [0.15, 0.2) is 0 Å². The Kier molecular flexibility index (Phi) is 7.50. The standard InChI is InChI=1S/C12H20O12S2/c1-6(13)21-9-8(5-20-25(3,16)17)23-12(15)11(22-7(2)14)10(9)24-26(4,18)19/h8-12,15H,5H2,1-4H3/t8-,9-,10+,11+,12-/m0/s1. The second kappa shape index (κ2) is 8.58. The minimum atomic E-state index is -4.16. The second-order valence-corrected chi connectivity index (χ2v) is 8.71. The van der Waals surface area contributed by atoms with Crippen molar-refractivity contribution in [1.29, 1.82) is 0 Å². The van der Waals surface area contributed by atoms with E-state index in [-0.39, 0.29) is 0 Å². The first-order chi connectivity index (χ1) is 11.7. The zero-order chi connectivity index (χ0) is 20.3. The highest BCUT2D eigenvalue weighted by Crippen LogP contribution is 2.29. The first kappa shape index (κ1) is 22.7. The third-order valence-corrected chi connectivity index (χ3v) is 4.08. The Morgan fingerprint density at radius 1 is 0.923 bits per heavy atom. The van der Waals surface area contributed by atoms with Crippen molar-refractivity contribution in [2.45, 2.75) is 44.6 Å². The van der Waals surface area contributed by atoms with E-state index in [1.807, 2.05) is 0 Å². The van der Waals surface area contributed by atoms with Crippen molar-refractivity contribution in [2.24, 2.45) is 0 Å². The van der Waals surface area contributed by atoms with Crippen LogP contribution < -0.4 is 0 Å². The van der Waals surface area contributed by atoms with E-state index in [1.165, 1.54) is 0 Å². The number of hydrogen-bond donors (Lipinski definition) is 1. The quantitative estimate of drug-likeness (QED) is 0.352. The molecule has 0 aromatic rings. The molecule has 14 heteroatoms. The van der Waals surface area contributed by atoms with Crippen LogP contribution in [0, 0.1) is 0 Å². The largest absolute Gasteiger partial charge is 0.457 e. The molecule has 0 bridgehead atoms. The fraction of sp³-hybridized carbons (Fsp3) is 0.833. The molecule has 1 rings (SSSR count). The van der Waals surface area contributed by atoms with Crippen molar-refractivity contribution < 1.29 is 54.1 Å². The van der Waals surface area contributed by atoms with E-state index in [4.69, 9.17) is 18.4 Å². The van der Waals surface area contributed by atoms with Gasteiger partial charge >= 0.3 is 11.9 Å².